The summed E-state index contributed by atoms with van der Waals surface area (Å²) < 4.78 is 0. The van der Waals surface area contributed by atoms with Crippen molar-refractivity contribution in [2.45, 2.75) is 44.1 Å². The maximum absolute atomic E-state index is 13.4. The molecule has 1 N–H and O–H groups in total. The van der Waals surface area contributed by atoms with Gasteiger partial charge in [0.25, 0.3) is 0 Å². The lowest BCUT2D eigenvalue weighted by atomic mass is 9.76. The largest absolute Gasteiger partial charge is 0.355 e. The van der Waals surface area contributed by atoms with Crippen molar-refractivity contribution < 1.29 is 9.59 Å². The molecule has 0 bridgehead atoms. The Morgan fingerprint density at radius 3 is 2.74 bits per heavy atom. The molecule has 0 spiro atoms. The first-order valence-corrected chi connectivity index (χ1v) is 9.77. The third-order valence-electron chi connectivity index (χ3n) is 6.02. The van der Waals surface area contributed by atoms with E-state index in [1.165, 1.54) is 5.56 Å². The predicted molar refractivity (Wildman–Crippen MR) is 105 cm³/mol. The second-order valence-corrected chi connectivity index (χ2v) is 7.86. The molecule has 4 heteroatoms. The van der Waals surface area contributed by atoms with Gasteiger partial charge in [-0.25, -0.2) is 0 Å². The molecule has 0 aliphatic carbocycles. The molecule has 2 aromatic rings. The number of amides is 2. The van der Waals surface area contributed by atoms with Crippen LogP contribution in [0.4, 0.5) is 0 Å². The van der Waals surface area contributed by atoms with Crippen molar-refractivity contribution in [3.8, 4) is 0 Å². The Kier molecular flexibility index (Phi) is 4.73. The average molecular weight is 362 g/mol. The minimum absolute atomic E-state index is 0.0474. The van der Waals surface area contributed by atoms with Crippen LogP contribution in [-0.2, 0) is 21.4 Å². The first kappa shape index (κ1) is 17.8. The molecule has 2 atom stereocenters. The van der Waals surface area contributed by atoms with Crippen molar-refractivity contribution in [1.82, 2.24) is 10.2 Å². The number of hydrogen-bond donors (Lipinski definition) is 1. The van der Waals surface area contributed by atoms with Crippen LogP contribution < -0.4 is 5.32 Å². The summed E-state index contributed by atoms with van der Waals surface area (Å²) in [5, 5.41) is 3.16. The minimum atomic E-state index is -0.635. The van der Waals surface area contributed by atoms with E-state index in [4.69, 9.17) is 0 Å². The minimum Gasteiger partial charge on any atom is -0.355 e. The quantitative estimate of drug-likeness (QED) is 0.889. The van der Waals surface area contributed by atoms with Crippen LogP contribution in [0.2, 0.25) is 0 Å². The van der Waals surface area contributed by atoms with Crippen LogP contribution in [0.5, 0.6) is 0 Å². The van der Waals surface area contributed by atoms with E-state index in [1.807, 2.05) is 48.2 Å². The molecule has 2 aliphatic heterocycles. The van der Waals surface area contributed by atoms with Gasteiger partial charge in [-0.1, -0.05) is 60.2 Å². The van der Waals surface area contributed by atoms with Crippen molar-refractivity contribution in [2.24, 2.45) is 0 Å². The summed E-state index contributed by atoms with van der Waals surface area (Å²) in [5.74, 6) is 0.234. The van der Waals surface area contributed by atoms with Gasteiger partial charge in [-0.15, -0.1) is 0 Å². The molecule has 4 rings (SSSR count). The van der Waals surface area contributed by atoms with E-state index >= 15 is 0 Å². The van der Waals surface area contributed by atoms with Gasteiger partial charge in [0.15, 0.2) is 0 Å². The van der Waals surface area contributed by atoms with Crippen LogP contribution in [-0.4, -0.2) is 35.8 Å². The normalized spacial score (nSPS) is 24.1. The number of carbonyl (C=O) groups excluding carboxylic acids is 2. The molecule has 140 valence electrons. The van der Waals surface area contributed by atoms with Gasteiger partial charge in [0, 0.05) is 25.6 Å². The second-order valence-electron chi connectivity index (χ2n) is 7.86. The Morgan fingerprint density at radius 2 is 2.00 bits per heavy atom. The summed E-state index contributed by atoms with van der Waals surface area (Å²) in [5.41, 5.74) is 2.75. The summed E-state index contributed by atoms with van der Waals surface area (Å²) in [6.45, 7) is 3.15. The molecule has 2 saturated heterocycles. The SMILES string of the molecule is Cc1cccc([C@]2(C(=O)NCCc3ccccc3)C[C@@H]3CCC(=O)N3C2)c1. The number of carbonyl (C=O) groups is 2. The molecule has 0 saturated carbocycles. The summed E-state index contributed by atoms with van der Waals surface area (Å²) in [6.07, 6.45) is 3.01. The zero-order valence-electron chi connectivity index (χ0n) is 15.8. The molecule has 0 aromatic heterocycles. The van der Waals surface area contributed by atoms with Gasteiger partial charge in [-0.2, -0.15) is 0 Å². The van der Waals surface area contributed by atoms with E-state index in [9.17, 15) is 9.59 Å². The summed E-state index contributed by atoms with van der Waals surface area (Å²) in [7, 11) is 0. The van der Waals surface area contributed by atoms with Gasteiger partial charge in [0.2, 0.25) is 11.8 Å². The maximum Gasteiger partial charge on any atom is 0.232 e. The number of aryl methyl sites for hydroxylation is 1. The molecule has 2 aliphatic rings. The van der Waals surface area contributed by atoms with Crippen LogP contribution >= 0.6 is 0 Å². The lowest BCUT2D eigenvalue weighted by Gasteiger charge is -2.29. The second kappa shape index (κ2) is 7.18. The Morgan fingerprint density at radius 1 is 1.19 bits per heavy atom. The highest BCUT2D eigenvalue weighted by Gasteiger charge is 2.53. The number of fused-ring (bicyclic) bond motifs is 1. The van der Waals surface area contributed by atoms with Crippen LogP contribution in [0.3, 0.4) is 0 Å². The van der Waals surface area contributed by atoms with E-state index in [2.05, 4.69) is 23.5 Å². The van der Waals surface area contributed by atoms with Gasteiger partial charge in [0.05, 0.1) is 5.41 Å². The fourth-order valence-corrected chi connectivity index (χ4v) is 4.56. The lowest BCUT2D eigenvalue weighted by molar-refractivity contribution is -0.129. The number of nitrogens with zero attached hydrogens (tertiary/aromatic N) is 1. The molecular weight excluding hydrogens is 336 g/mol. The molecular formula is C23H26N2O2. The van der Waals surface area contributed by atoms with Crippen LogP contribution in [0, 0.1) is 6.92 Å². The summed E-state index contributed by atoms with van der Waals surface area (Å²) in [4.78, 5) is 27.5. The lowest BCUT2D eigenvalue weighted by Crippen LogP contribution is -2.47. The molecule has 2 heterocycles. The van der Waals surface area contributed by atoms with Crippen LogP contribution in [0.15, 0.2) is 54.6 Å². The number of benzene rings is 2. The van der Waals surface area contributed by atoms with E-state index in [-0.39, 0.29) is 17.9 Å². The molecule has 4 nitrogen and oxygen atoms in total. The number of hydrogen-bond acceptors (Lipinski definition) is 2. The Balaban J connectivity index is 1.55. The van der Waals surface area contributed by atoms with Crippen LogP contribution in [0.25, 0.3) is 0 Å². The van der Waals surface area contributed by atoms with Crippen molar-refractivity contribution in [3.63, 3.8) is 0 Å². The smallest absolute Gasteiger partial charge is 0.232 e. The van der Waals surface area contributed by atoms with Gasteiger partial charge in [-0.3, -0.25) is 9.59 Å². The first-order valence-electron chi connectivity index (χ1n) is 9.77. The van der Waals surface area contributed by atoms with Gasteiger partial charge < -0.3 is 10.2 Å². The fourth-order valence-electron chi connectivity index (χ4n) is 4.56. The molecule has 2 fully saturated rings. The van der Waals surface area contributed by atoms with Crippen molar-refractivity contribution in [2.75, 3.05) is 13.1 Å². The first-order chi connectivity index (χ1) is 13.1. The van der Waals surface area contributed by atoms with E-state index in [0.29, 0.717) is 19.5 Å². The van der Waals surface area contributed by atoms with Gasteiger partial charge in [-0.05, 0) is 37.3 Å². The zero-order valence-corrected chi connectivity index (χ0v) is 15.8. The van der Waals surface area contributed by atoms with E-state index in [0.717, 1.165) is 30.4 Å². The average Bonchev–Trinajstić information content (AvgIpc) is 3.22. The molecule has 2 amide bonds. The van der Waals surface area contributed by atoms with Crippen molar-refractivity contribution >= 4 is 11.8 Å². The van der Waals surface area contributed by atoms with Gasteiger partial charge in [0.1, 0.15) is 0 Å². The summed E-state index contributed by atoms with van der Waals surface area (Å²) in [6, 6.07) is 18.6. The third kappa shape index (κ3) is 3.36. The van der Waals surface area contributed by atoms with Crippen molar-refractivity contribution in [1.29, 1.82) is 0 Å². The molecule has 0 radical (unpaired) electrons. The number of rotatable bonds is 5. The van der Waals surface area contributed by atoms with E-state index in [1.54, 1.807) is 0 Å². The maximum atomic E-state index is 13.4. The molecule has 0 unspecified atom stereocenters. The highest BCUT2D eigenvalue weighted by atomic mass is 16.2. The summed E-state index contributed by atoms with van der Waals surface area (Å²) >= 11 is 0. The monoisotopic (exact) mass is 362 g/mol. The third-order valence-corrected chi connectivity index (χ3v) is 6.02. The topological polar surface area (TPSA) is 49.4 Å². The predicted octanol–water partition coefficient (Wildman–Crippen LogP) is 2.99. The van der Waals surface area contributed by atoms with E-state index < -0.39 is 5.41 Å². The highest BCUT2D eigenvalue weighted by Crippen LogP contribution is 2.43. The van der Waals surface area contributed by atoms with Gasteiger partial charge >= 0.3 is 0 Å². The highest BCUT2D eigenvalue weighted by molar-refractivity contribution is 5.91. The molecule has 2 aromatic carbocycles. The Labute approximate surface area is 160 Å². The van der Waals surface area contributed by atoms with Crippen LogP contribution in [0.1, 0.15) is 36.0 Å². The Bertz CT molecular complexity index is 848. The fraction of sp³-hybridized carbons (Fsp3) is 0.391. The van der Waals surface area contributed by atoms with Crippen molar-refractivity contribution in [3.05, 3.63) is 71.3 Å². The molecule has 27 heavy (non-hydrogen) atoms. The number of nitrogens with one attached hydrogen (secondary N) is 1. The Hall–Kier alpha value is -2.62. The standard InChI is InChI=1S/C23H26N2O2/c1-17-6-5-9-19(14-17)23(15-20-10-11-21(26)25(20)16-23)22(27)24-13-12-18-7-3-2-4-8-18/h2-9,14,20H,10-13,15-16H2,1H3,(H,24,27)/t20-,23-/m0/s1. The zero-order chi connectivity index (χ0) is 18.9.